The summed E-state index contributed by atoms with van der Waals surface area (Å²) in [7, 11) is 0. The van der Waals surface area contributed by atoms with E-state index in [-0.39, 0.29) is 42.7 Å². The number of rotatable bonds is 7. The van der Waals surface area contributed by atoms with Crippen LogP contribution >= 0.6 is 0 Å². The van der Waals surface area contributed by atoms with Crippen molar-refractivity contribution in [2.45, 2.75) is 75.7 Å². The molecule has 0 bridgehead atoms. The molecule has 0 radical (unpaired) electrons. The zero-order valence-corrected chi connectivity index (χ0v) is 17.9. The highest BCUT2D eigenvalue weighted by Gasteiger charge is 2.50. The number of piperidine rings is 1. The van der Waals surface area contributed by atoms with Gasteiger partial charge in [0.15, 0.2) is 0 Å². The van der Waals surface area contributed by atoms with Crippen molar-refractivity contribution in [2.24, 2.45) is 0 Å². The molecule has 4 heterocycles. The number of carbonyl (C=O) groups is 2. The van der Waals surface area contributed by atoms with Crippen LogP contribution in [0.4, 0.5) is 0 Å². The molecule has 2 amide bonds. The number of carbonyl (C=O) groups excluding carboxylic acids is 2. The molecule has 9 heteroatoms. The summed E-state index contributed by atoms with van der Waals surface area (Å²) in [5.74, 6) is 0.0386. The molecule has 0 saturated carbocycles. The van der Waals surface area contributed by atoms with Gasteiger partial charge in [-0.3, -0.25) is 14.6 Å². The van der Waals surface area contributed by atoms with E-state index in [9.17, 15) is 14.7 Å². The quantitative estimate of drug-likeness (QED) is 0.555. The summed E-state index contributed by atoms with van der Waals surface area (Å²) >= 11 is 0. The van der Waals surface area contributed by atoms with Gasteiger partial charge in [0.05, 0.1) is 24.7 Å². The van der Waals surface area contributed by atoms with Gasteiger partial charge >= 0.3 is 0 Å². The van der Waals surface area contributed by atoms with Crippen molar-refractivity contribution in [1.29, 1.82) is 0 Å². The molecule has 0 spiro atoms. The van der Waals surface area contributed by atoms with E-state index in [2.05, 4.69) is 15.6 Å². The average molecular weight is 433 g/mol. The third kappa shape index (κ3) is 5.60. The maximum Gasteiger partial charge on any atom is 0.222 e. The number of aromatic nitrogens is 1. The number of likely N-dealkylation sites (tertiary alicyclic amines) is 1. The van der Waals surface area contributed by atoms with E-state index >= 15 is 0 Å². The van der Waals surface area contributed by atoms with Crippen LogP contribution < -0.4 is 10.6 Å². The van der Waals surface area contributed by atoms with Crippen molar-refractivity contribution in [3.8, 4) is 0 Å². The minimum atomic E-state index is -0.710. The average Bonchev–Trinajstić information content (AvgIpc) is 3.30. The van der Waals surface area contributed by atoms with Crippen LogP contribution in [0.15, 0.2) is 24.5 Å². The Morgan fingerprint density at radius 3 is 2.77 bits per heavy atom. The first-order chi connectivity index (χ1) is 15.0. The van der Waals surface area contributed by atoms with Crippen molar-refractivity contribution >= 4 is 11.8 Å². The van der Waals surface area contributed by atoms with Gasteiger partial charge in [-0.2, -0.15) is 0 Å². The highest BCUT2D eigenvalue weighted by molar-refractivity contribution is 5.76. The number of nitrogens with zero attached hydrogens (tertiary/aromatic N) is 2. The number of ether oxygens (including phenoxy) is 2. The van der Waals surface area contributed by atoms with Gasteiger partial charge in [-0.1, -0.05) is 6.07 Å². The lowest BCUT2D eigenvalue weighted by Crippen LogP contribution is -2.47. The van der Waals surface area contributed by atoms with Gasteiger partial charge in [0.2, 0.25) is 11.8 Å². The van der Waals surface area contributed by atoms with Crippen molar-refractivity contribution in [1.82, 2.24) is 20.5 Å². The molecule has 1 aromatic heterocycles. The summed E-state index contributed by atoms with van der Waals surface area (Å²) in [6, 6.07) is 4.07. The van der Waals surface area contributed by atoms with Crippen LogP contribution in [0.2, 0.25) is 0 Å². The number of amides is 2. The Morgan fingerprint density at radius 2 is 2.10 bits per heavy atom. The van der Waals surface area contributed by atoms with E-state index in [0.29, 0.717) is 25.6 Å². The molecule has 0 aliphatic carbocycles. The molecule has 31 heavy (non-hydrogen) atoms. The van der Waals surface area contributed by atoms with Gasteiger partial charge in [0.1, 0.15) is 12.2 Å². The van der Waals surface area contributed by atoms with Crippen LogP contribution in [0.5, 0.6) is 0 Å². The number of hydrogen-bond donors (Lipinski definition) is 3. The molecule has 4 rings (SSSR count). The highest BCUT2D eigenvalue weighted by Crippen LogP contribution is 2.35. The number of aliphatic hydroxyl groups excluding tert-OH is 1. The summed E-state index contributed by atoms with van der Waals surface area (Å²) in [5, 5.41) is 17.0. The number of aliphatic hydroxyl groups is 1. The van der Waals surface area contributed by atoms with Crippen LogP contribution in [0, 0.1) is 0 Å². The van der Waals surface area contributed by atoms with Crippen LogP contribution in [0.3, 0.4) is 0 Å². The number of nitrogens with one attached hydrogen (secondary N) is 2. The monoisotopic (exact) mass is 432 g/mol. The number of fused-ring (bicyclic) bond motifs is 1. The molecule has 3 fully saturated rings. The molecule has 3 N–H and O–H groups in total. The smallest absolute Gasteiger partial charge is 0.222 e. The van der Waals surface area contributed by atoms with Gasteiger partial charge < -0.3 is 30.1 Å². The molecule has 170 valence electrons. The number of hydrogen-bond acceptors (Lipinski definition) is 7. The summed E-state index contributed by atoms with van der Waals surface area (Å²) in [6.07, 6.45) is 4.24. The third-order valence-electron chi connectivity index (χ3n) is 6.45. The van der Waals surface area contributed by atoms with E-state index in [0.717, 1.165) is 31.5 Å². The predicted molar refractivity (Wildman–Crippen MR) is 112 cm³/mol. The SMILES string of the molecule is CC(=O)N1CCC(NC[C@H]2O[C@@H]3C[C@@H](CC(=O)NCc4cccnc4)O[C@@H]3[C@@H]2O)CC1. The maximum atomic E-state index is 12.2. The first kappa shape index (κ1) is 22.1. The molecule has 3 aliphatic heterocycles. The van der Waals surface area contributed by atoms with Crippen molar-refractivity contribution in [2.75, 3.05) is 19.6 Å². The summed E-state index contributed by atoms with van der Waals surface area (Å²) in [4.78, 5) is 29.6. The normalized spacial score (nSPS) is 30.9. The topological polar surface area (TPSA) is 113 Å². The van der Waals surface area contributed by atoms with Gasteiger partial charge in [-0.05, 0) is 24.5 Å². The van der Waals surface area contributed by atoms with Crippen LogP contribution in [0.25, 0.3) is 0 Å². The fourth-order valence-electron chi connectivity index (χ4n) is 4.67. The molecule has 9 nitrogen and oxygen atoms in total. The standard InChI is InChI=1S/C22H32N4O5/c1-14(27)26-7-4-16(5-8-26)24-13-19-21(29)22-18(31-19)9-17(30-22)10-20(28)25-12-15-3-2-6-23-11-15/h2-3,6,11,16-19,21-22,24,29H,4-5,7-10,12-13H2,1H3,(H,25,28)/t17-,18+,19+,21+,22-/m0/s1. The first-order valence-corrected chi connectivity index (χ1v) is 11.1. The van der Waals surface area contributed by atoms with E-state index in [4.69, 9.17) is 9.47 Å². The van der Waals surface area contributed by atoms with Gasteiger partial charge in [0, 0.05) is 58.0 Å². The fraction of sp³-hybridized carbons (Fsp3) is 0.682. The minimum absolute atomic E-state index is 0.0848. The van der Waals surface area contributed by atoms with Gasteiger partial charge in [-0.25, -0.2) is 0 Å². The van der Waals surface area contributed by atoms with Crippen LogP contribution in [-0.2, 0) is 25.6 Å². The van der Waals surface area contributed by atoms with Crippen LogP contribution in [0.1, 0.15) is 38.2 Å². The molecule has 3 aliphatic rings. The Hall–Kier alpha value is -2.07. The Kier molecular flexibility index (Phi) is 7.16. The Bertz CT molecular complexity index is 756. The minimum Gasteiger partial charge on any atom is -0.388 e. The summed E-state index contributed by atoms with van der Waals surface area (Å²) < 4.78 is 12.0. The molecule has 0 unspecified atom stereocenters. The van der Waals surface area contributed by atoms with Gasteiger partial charge in [-0.15, -0.1) is 0 Å². The molecule has 0 aromatic carbocycles. The summed E-state index contributed by atoms with van der Waals surface area (Å²) in [5.41, 5.74) is 0.945. The second kappa shape index (κ2) is 10.0. The first-order valence-electron chi connectivity index (χ1n) is 11.1. The van der Waals surface area contributed by atoms with E-state index in [1.165, 1.54) is 0 Å². The van der Waals surface area contributed by atoms with E-state index < -0.39 is 6.10 Å². The van der Waals surface area contributed by atoms with E-state index in [1.807, 2.05) is 17.0 Å². The summed E-state index contributed by atoms with van der Waals surface area (Å²) in [6.45, 7) is 4.12. The van der Waals surface area contributed by atoms with Crippen molar-refractivity contribution in [3.05, 3.63) is 30.1 Å². The van der Waals surface area contributed by atoms with Gasteiger partial charge in [0.25, 0.3) is 0 Å². The largest absolute Gasteiger partial charge is 0.388 e. The lowest BCUT2D eigenvalue weighted by Gasteiger charge is -2.32. The fourth-order valence-corrected chi connectivity index (χ4v) is 4.67. The maximum absolute atomic E-state index is 12.2. The zero-order valence-electron chi connectivity index (χ0n) is 17.9. The van der Waals surface area contributed by atoms with Crippen LogP contribution in [-0.4, -0.2) is 83.0 Å². The molecule has 5 atom stereocenters. The van der Waals surface area contributed by atoms with E-state index in [1.54, 1.807) is 19.3 Å². The Labute approximate surface area is 182 Å². The number of pyridine rings is 1. The predicted octanol–water partition coefficient (Wildman–Crippen LogP) is -0.0258. The van der Waals surface area contributed by atoms with Crippen molar-refractivity contribution in [3.63, 3.8) is 0 Å². The van der Waals surface area contributed by atoms with Crippen molar-refractivity contribution < 1.29 is 24.2 Å². The molecular formula is C22H32N4O5. The lowest BCUT2D eigenvalue weighted by atomic mass is 10.0. The molecule has 3 saturated heterocycles. The second-order valence-electron chi connectivity index (χ2n) is 8.69. The lowest BCUT2D eigenvalue weighted by molar-refractivity contribution is -0.130. The molecular weight excluding hydrogens is 400 g/mol. The third-order valence-corrected chi connectivity index (χ3v) is 6.45. The Balaban J connectivity index is 1.16. The highest BCUT2D eigenvalue weighted by atomic mass is 16.6. The molecule has 1 aromatic rings. The second-order valence-corrected chi connectivity index (χ2v) is 8.69. The Morgan fingerprint density at radius 1 is 1.29 bits per heavy atom. The zero-order chi connectivity index (χ0) is 21.8.